The van der Waals surface area contributed by atoms with E-state index in [4.69, 9.17) is 4.74 Å². The second-order valence-corrected chi connectivity index (χ2v) is 6.62. The maximum absolute atomic E-state index is 5.62. The Hall–Kier alpha value is -0.510. The topological polar surface area (TPSA) is 21.3 Å². The smallest absolute Gasteiger partial charge is 0.0510 e. The van der Waals surface area contributed by atoms with Gasteiger partial charge in [-0.25, -0.2) is 0 Å². The van der Waals surface area contributed by atoms with Crippen LogP contribution in [0.15, 0.2) is 29.2 Å². The van der Waals surface area contributed by atoms with Gasteiger partial charge in [-0.05, 0) is 31.0 Å². The summed E-state index contributed by atoms with van der Waals surface area (Å²) in [4.78, 5) is 1.48. The molecule has 1 N–H and O–H groups in total. The summed E-state index contributed by atoms with van der Waals surface area (Å²) in [5.74, 6) is 2.56. The molecule has 104 valence electrons. The number of nitrogens with one attached hydrogen (secondary N) is 1. The van der Waals surface area contributed by atoms with Crippen LogP contribution in [0.4, 0.5) is 0 Å². The molecule has 19 heavy (non-hydrogen) atoms. The van der Waals surface area contributed by atoms with Gasteiger partial charge in [-0.15, -0.1) is 11.8 Å². The first kappa shape index (κ1) is 13.5. The largest absolute Gasteiger partial charge is 0.381 e. The molecule has 1 saturated heterocycles. The summed E-state index contributed by atoms with van der Waals surface area (Å²) < 4.78 is 5.62. The highest BCUT2D eigenvalue weighted by atomic mass is 32.2. The summed E-state index contributed by atoms with van der Waals surface area (Å²) >= 11 is 2.02. The fraction of sp³-hybridized carbons (Fsp3) is 0.625. The molecule has 0 spiro atoms. The van der Waals surface area contributed by atoms with Gasteiger partial charge in [0.2, 0.25) is 0 Å². The predicted octanol–water partition coefficient (Wildman–Crippen LogP) is 3.28. The summed E-state index contributed by atoms with van der Waals surface area (Å²) in [7, 11) is 0. The third-order valence-electron chi connectivity index (χ3n) is 4.27. The molecule has 3 unspecified atom stereocenters. The molecule has 1 fully saturated rings. The van der Waals surface area contributed by atoms with Crippen molar-refractivity contribution < 1.29 is 4.74 Å². The summed E-state index contributed by atoms with van der Waals surface area (Å²) in [5, 5.41) is 3.80. The Bertz CT molecular complexity index is 417. The van der Waals surface area contributed by atoms with Crippen molar-refractivity contribution >= 4 is 11.8 Å². The minimum Gasteiger partial charge on any atom is -0.381 e. The molecule has 2 aliphatic rings. The second kappa shape index (κ2) is 6.29. The number of rotatable bonds is 5. The highest BCUT2D eigenvalue weighted by Gasteiger charge is 2.36. The van der Waals surface area contributed by atoms with Gasteiger partial charge in [-0.2, -0.15) is 0 Å². The number of benzene rings is 1. The second-order valence-electron chi connectivity index (χ2n) is 5.56. The monoisotopic (exact) mass is 277 g/mol. The van der Waals surface area contributed by atoms with E-state index >= 15 is 0 Å². The third-order valence-corrected chi connectivity index (χ3v) is 5.48. The van der Waals surface area contributed by atoms with Gasteiger partial charge in [0.1, 0.15) is 0 Å². The Morgan fingerprint density at radius 3 is 3.11 bits per heavy atom. The van der Waals surface area contributed by atoms with Crippen molar-refractivity contribution in [2.45, 2.75) is 36.6 Å². The van der Waals surface area contributed by atoms with Crippen molar-refractivity contribution in [3.05, 3.63) is 29.8 Å². The number of fused-ring (bicyclic) bond motifs is 1. The minimum absolute atomic E-state index is 0.582. The molecule has 0 amide bonds. The quantitative estimate of drug-likeness (QED) is 0.892. The lowest BCUT2D eigenvalue weighted by atomic mass is 9.84. The van der Waals surface area contributed by atoms with Crippen LogP contribution in [0.2, 0.25) is 0 Å². The molecule has 2 heterocycles. The fourth-order valence-corrected chi connectivity index (χ4v) is 4.58. The maximum atomic E-state index is 5.62. The van der Waals surface area contributed by atoms with Crippen LogP contribution in [-0.4, -0.2) is 31.6 Å². The zero-order valence-electron chi connectivity index (χ0n) is 11.6. The van der Waals surface area contributed by atoms with Gasteiger partial charge in [0.05, 0.1) is 6.61 Å². The molecule has 1 aromatic carbocycles. The number of hydrogen-bond acceptors (Lipinski definition) is 3. The lowest BCUT2D eigenvalue weighted by Crippen LogP contribution is -2.42. The van der Waals surface area contributed by atoms with Gasteiger partial charge in [0.15, 0.2) is 0 Å². The SMILES string of the molecule is CCCNC(C1CCOC1)C1CSc2ccccc21. The van der Waals surface area contributed by atoms with E-state index in [0.717, 1.165) is 19.8 Å². The van der Waals surface area contributed by atoms with E-state index in [0.29, 0.717) is 17.9 Å². The van der Waals surface area contributed by atoms with Crippen LogP contribution < -0.4 is 5.32 Å². The minimum atomic E-state index is 0.582. The van der Waals surface area contributed by atoms with Crippen LogP contribution >= 0.6 is 11.8 Å². The molecular weight excluding hydrogens is 254 g/mol. The average molecular weight is 277 g/mol. The first-order chi connectivity index (χ1) is 9.40. The molecule has 0 bridgehead atoms. The third kappa shape index (κ3) is 2.83. The van der Waals surface area contributed by atoms with Crippen LogP contribution in [0.1, 0.15) is 31.2 Å². The zero-order chi connectivity index (χ0) is 13.1. The van der Waals surface area contributed by atoms with E-state index in [1.807, 2.05) is 11.8 Å². The maximum Gasteiger partial charge on any atom is 0.0510 e. The van der Waals surface area contributed by atoms with E-state index in [9.17, 15) is 0 Å². The molecule has 3 atom stereocenters. The van der Waals surface area contributed by atoms with Gasteiger partial charge < -0.3 is 10.1 Å². The van der Waals surface area contributed by atoms with E-state index in [1.54, 1.807) is 5.56 Å². The molecule has 2 aliphatic heterocycles. The van der Waals surface area contributed by atoms with E-state index in [1.165, 1.54) is 23.5 Å². The van der Waals surface area contributed by atoms with Crippen LogP contribution in [0.3, 0.4) is 0 Å². The van der Waals surface area contributed by atoms with Crippen LogP contribution in [0.25, 0.3) is 0 Å². The fourth-order valence-electron chi connectivity index (χ4n) is 3.27. The Kier molecular flexibility index (Phi) is 4.46. The van der Waals surface area contributed by atoms with Gasteiger partial charge in [0.25, 0.3) is 0 Å². The highest BCUT2D eigenvalue weighted by molar-refractivity contribution is 7.99. The summed E-state index contributed by atoms with van der Waals surface area (Å²) in [6.45, 7) is 5.23. The van der Waals surface area contributed by atoms with Crippen molar-refractivity contribution in [3.63, 3.8) is 0 Å². The Balaban J connectivity index is 1.79. The van der Waals surface area contributed by atoms with Crippen molar-refractivity contribution in [2.75, 3.05) is 25.5 Å². The van der Waals surface area contributed by atoms with E-state index < -0.39 is 0 Å². The van der Waals surface area contributed by atoms with Gasteiger partial charge in [-0.3, -0.25) is 0 Å². The van der Waals surface area contributed by atoms with Crippen molar-refractivity contribution in [3.8, 4) is 0 Å². The lowest BCUT2D eigenvalue weighted by molar-refractivity contribution is 0.173. The standard InChI is InChI=1S/C16H23NOS/c1-2-8-17-16(12-7-9-18-10-12)14-11-19-15-6-4-3-5-13(14)15/h3-6,12,14,16-17H,2,7-11H2,1H3. The van der Waals surface area contributed by atoms with Crippen LogP contribution in [0, 0.1) is 5.92 Å². The van der Waals surface area contributed by atoms with Gasteiger partial charge in [0, 0.05) is 35.1 Å². The predicted molar refractivity (Wildman–Crippen MR) is 80.9 cm³/mol. The van der Waals surface area contributed by atoms with E-state index in [2.05, 4.69) is 36.5 Å². The van der Waals surface area contributed by atoms with Gasteiger partial charge in [-0.1, -0.05) is 25.1 Å². The normalized spacial score (nSPS) is 27.4. The number of hydrogen-bond donors (Lipinski definition) is 1. The summed E-state index contributed by atoms with van der Waals surface area (Å²) in [5.41, 5.74) is 1.55. The van der Waals surface area contributed by atoms with Crippen LogP contribution in [0.5, 0.6) is 0 Å². The van der Waals surface area contributed by atoms with Crippen LogP contribution in [-0.2, 0) is 4.74 Å². The van der Waals surface area contributed by atoms with Crippen molar-refractivity contribution in [2.24, 2.45) is 5.92 Å². The number of ether oxygens (including phenoxy) is 1. The van der Waals surface area contributed by atoms with E-state index in [-0.39, 0.29) is 0 Å². The van der Waals surface area contributed by atoms with Gasteiger partial charge >= 0.3 is 0 Å². The van der Waals surface area contributed by atoms with Crippen molar-refractivity contribution in [1.82, 2.24) is 5.32 Å². The summed E-state index contributed by atoms with van der Waals surface area (Å²) in [6.07, 6.45) is 2.41. The molecule has 0 aromatic heterocycles. The lowest BCUT2D eigenvalue weighted by Gasteiger charge is -2.29. The Morgan fingerprint density at radius 2 is 2.32 bits per heavy atom. The molecule has 3 rings (SSSR count). The molecule has 2 nitrogen and oxygen atoms in total. The highest BCUT2D eigenvalue weighted by Crippen LogP contribution is 2.43. The molecule has 0 radical (unpaired) electrons. The Morgan fingerprint density at radius 1 is 1.42 bits per heavy atom. The first-order valence-corrected chi connectivity index (χ1v) is 8.41. The summed E-state index contributed by atoms with van der Waals surface area (Å²) in [6, 6.07) is 9.50. The molecule has 0 aliphatic carbocycles. The Labute approximate surface area is 120 Å². The molecule has 1 aromatic rings. The molecular formula is C16H23NOS. The molecule has 0 saturated carbocycles. The first-order valence-electron chi connectivity index (χ1n) is 7.43. The zero-order valence-corrected chi connectivity index (χ0v) is 12.4. The number of thioether (sulfide) groups is 1. The molecule has 3 heteroatoms. The average Bonchev–Trinajstić information content (AvgIpc) is 3.09. The van der Waals surface area contributed by atoms with Crippen molar-refractivity contribution in [1.29, 1.82) is 0 Å².